The average Bonchev–Trinajstić information content (AvgIpc) is 2.69. The van der Waals surface area contributed by atoms with Crippen LogP contribution in [0.3, 0.4) is 0 Å². The van der Waals surface area contributed by atoms with Crippen LogP contribution in [0.1, 0.15) is 58.3 Å². The summed E-state index contributed by atoms with van der Waals surface area (Å²) < 4.78 is 16.1. The predicted octanol–water partition coefficient (Wildman–Crippen LogP) is 5.00. The van der Waals surface area contributed by atoms with Gasteiger partial charge in [0.05, 0.1) is 18.3 Å². The zero-order valence-electron chi connectivity index (χ0n) is 16.7. The molecule has 0 aliphatic heterocycles. The lowest BCUT2D eigenvalue weighted by Crippen LogP contribution is -2.04. The number of hydrogen-bond acceptors (Lipinski definition) is 6. The molecule has 0 aliphatic rings. The van der Waals surface area contributed by atoms with Crippen molar-refractivity contribution in [1.29, 1.82) is 0 Å². The summed E-state index contributed by atoms with van der Waals surface area (Å²) in [7, 11) is 0. The van der Waals surface area contributed by atoms with Gasteiger partial charge in [-0.05, 0) is 50.0 Å². The highest BCUT2D eigenvalue weighted by molar-refractivity contribution is 5.86. The first kappa shape index (κ1) is 22.3. The Morgan fingerprint density at radius 3 is 2.76 bits per heavy atom. The maximum absolute atomic E-state index is 12.1. The highest BCUT2D eigenvalue weighted by Crippen LogP contribution is 2.33. The van der Waals surface area contributed by atoms with E-state index >= 15 is 0 Å². The van der Waals surface area contributed by atoms with Gasteiger partial charge in [-0.2, -0.15) is 0 Å². The lowest BCUT2D eigenvalue weighted by Gasteiger charge is -2.09. The third kappa shape index (κ3) is 7.18. The number of fused-ring (bicyclic) bond motifs is 1. The minimum absolute atomic E-state index is 0.0971. The molecule has 158 valence electrons. The molecule has 2 aromatic rings. The molecule has 0 radical (unpaired) electrons. The Bertz CT molecular complexity index is 883. The number of benzene rings is 1. The zero-order valence-corrected chi connectivity index (χ0v) is 16.7. The zero-order chi connectivity index (χ0) is 21.1. The van der Waals surface area contributed by atoms with Gasteiger partial charge in [0, 0.05) is 6.42 Å². The van der Waals surface area contributed by atoms with E-state index < -0.39 is 11.6 Å². The minimum atomic E-state index is -0.835. The number of carboxylic acid groups (broad SMARTS) is 1. The van der Waals surface area contributed by atoms with E-state index in [1.165, 1.54) is 25.2 Å². The van der Waals surface area contributed by atoms with Crippen LogP contribution in [0.5, 0.6) is 17.2 Å². The summed E-state index contributed by atoms with van der Waals surface area (Å²) in [6.07, 6.45) is 9.79. The number of hydrogen-bond donors (Lipinski definition) is 2. The molecule has 1 heterocycles. The molecule has 0 fully saturated rings. The van der Waals surface area contributed by atoms with E-state index in [0.29, 0.717) is 30.6 Å². The molecule has 1 aromatic heterocycles. The Morgan fingerprint density at radius 2 is 2.00 bits per heavy atom. The molecule has 2 N–H and O–H groups in total. The van der Waals surface area contributed by atoms with Crippen LogP contribution in [0.15, 0.2) is 39.7 Å². The van der Waals surface area contributed by atoms with Gasteiger partial charge >= 0.3 is 11.6 Å². The second-order valence-electron chi connectivity index (χ2n) is 6.76. The van der Waals surface area contributed by atoms with Crippen LogP contribution >= 0.6 is 0 Å². The van der Waals surface area contributed by atoms with Crippen LogP contribution in [-0.2, 0) is 4.79 Å². The molecule has 0 bridgehead atoms. The Morgan fingerprint density at radius 1 is 1.17 bits per heavy atom. The SMILES string of the molecule is CCCCCCC=COc1c(O)c2cc(OCCCCC(=O)O)ccc2oc1=O. The van der Waals surface area contributed by atoms with Gasteiger partial charge in [0.2, 0.25) is 0 Å². The van der Waals surface area contributed by atoms with Crippen LogP contribution in [0.4, 0.5) is 0 Å². The van der Waals surface area contributed by atoms with Crippen LogP contribution in [0.2, 0.25) is 0 Å². The van der Waals surface area contributed by atoms with E-state index in [2.05, 4.69) is 6.92 Å². The Kier molecular flexibility index (Phi) is 9.08. The van der Waals surface area contributed by atoms with Crippen molar-refractivity contribution in [3.8, 4) is 17.2 Å². The topological polar surface area (TPSA) is 106 Å². The first-order valence-corrected chi connectivity index (χ1v) is 9.99. The van der Waals surface area contributed by atoms with Crippen LogP contribution in [0, 0.1) is 0 Å². The lowest BCUT2D eigenvalue weighted by molar-refractivity contribution is -0.137. The maximum Gasteiger partial charge on any atom is 0.383 e. The molecule has 0 atom stereocenters. The second kappa shape index (κ2) is 11.8. The Hall–Kier alpha value is -2.96. The van der Waals surface area contributed by atoms with Crippen LogP contribution < -0.4 is 15.1 Å². The molecule has 7 nitrogen and oxygen atoms in total. The van der Waals surface area contributed by atoms with E-state index in [4.69, 9.17) is 19.0 Å². The summed E-state index contributed by atoms with van der Waals surface area (Å²) in [6, 6.07) is 4.72. The van der Waals surface area contributed by atoms with E-state index in [1.54, 1.807) is 12.1 Å². The summed E-state index contributed by atoms with van der Waals surface area (Å²) in [6.45, 7) is 2.50. The first-order valence-electron chi connectivity index (χ1n) is 9.99. The van der Waals surface area contributed by atoms with Crippen molar-refractivity contribution in [3.63, 3.8) is 0 Å². The summed E-state index contributed by atoms with van der Waals surface area (Å²) in [5.74, 6) is -0.920. The lowest BCUT2D eigenvalue weighted by atomic mass is 10.1. The summed E-state index contributed by atoms with van der Waals surface area (Å²) >= 11 is 0. The van der Waals surface area contributed by atoms with Crippen molar-refractivity contribution < 1.29 is 28.9 Å². The van der Waals surface area contributed by atoms with E-state index in [9.17, 15) is 14.7 Å². The van der Waals surface area contributed by atoms with Crippen molar-refractivity contribution >= 4 is 16.9 Å². The molecule has 7 heteroatoms. The quantitative estimate of drug-likeness (QED) is 0.275. The molecule has 2 rings (SSSR count). The Balaban J connectivity index is 2.02. The van der Waals surface area contributed by atoms with E-state index in [1.807, 2.05) is 6.08 Å². The van der Waals surface area contributed by atoms with E-state index in [0.717, 1.165) is 19.3 Å². The number of unbranched alkanes of at least 4 members (excludes halogenated alkanes) is 5. The number of allylic oxidation sites excluding steroid dienone is 1. The molecule has 0 spiro atoms. The smallest absolute Gasteiger partial charge is 0.383 e. The molecular weight excluding hydrogens is 376 g/mol. The van der Waals surface area contributed by atoms with Gasteiger partial charge in [-0.1, -0.05) is 26.2 Å². The van der Waals surface area contributed by atoms with Gasteiger partial charge in [0.15, 0.2) is 5.75 Å². The van der Waals surface area contributed by atoms with Crippen molar-refractivity contribution in [3.05, 3.63) is 41.0 Å². The molecular formula is C22H28O7. The minimum Gasteiger partial charge on any atom is -0.504 e. The molecule has 29 heavy (non-hydrogen) atoms. The van der Waals surface area contributed by atoms with Crippen LogP contribution in [0.25, 0.3) is 11.0 Å². The van der Waals surface area contributed by atoms with Gasteiger partial charge in [-0.3, -0.25) is 4.79 Å². The fourth-order valence-corrected chi connectivity index (χ4v) is 2.78. The van der Waals surface area contributed by atoms with Gasteiger partial charge in [0.1, 0.15) is 11.3 Å². The summed E-state index contributed by atoms with van der Waals surface area (Å²) in [4.78, 5) is 22.6. The highest BCUT2D eigenvalue weighted by atomic mass is 16.5. The number of carbonyl (C=O) groups is 1. The second-order valence-corrected chi connectivity index (χ2v) is 6.76. The maximum atomic E-state index is 12.1. The fourth-order valence-electron chi connectivity index (χ4n) is 2.78. The fraction of sp³-hybridized carbons (Fsp3) is 0.455. The summed E-state index contributed by atoms with van der Waals surface area (Å²) in [5, 5.41) is 19.4. The van der Waals surface area contributed by atoms with Gasteiger partial charge in [-0.25, -0.2) is 4.79 Å². The third-order valence-corrected chi connectivity index (χ3v) is 4.37. The average molecular weight is 404 g/mol. The largest absolute Gasteiger partial charge is 0.504 e. The monoisotopic (exact) mass is 404 g/mol. The number of aromatic hydroxyl groups is 1. The highest BCUT2D eigenvalue weighted by Gasteiger charge is 2.15. The normalized spacial score (nSPS) is 11.2. The first-order chi connectivity index (χ1) is 14.0. The number of ether oxygens (including phenoxy) is 2. The predicted molar refractivity (Wildman–Crippen MR) is 110 cm³/mol. The number of carboxylic acids is 1. The number of rotatable bonds is 13. The molecule has 0 saturated heterocycles. The van der Waals surface area contributed by atoms with E-state index in [-0.39, 0.29) is 23.5 Å². The standard InChI is InChI=1S/C22H28O7/c1-2-3-4-5-6-8-14-28-21-20(25)17-15-16(11-12-18(17)29-22(21)26)27-13-9-7-10-19(23)24/h8,11-12,14-15,25H,2-7,9-10,13H2,1H3,(H,23,24). The van der Waals surface area contributed by atoms with Crippen molar-refractivity contribution in [2.75, 3.05) is 6.61 Å². The van der Waals surface area contributed by atoms with Gasteiger partial charge < -0.3 is 24.1 Å². The number of aliphatic carboxylic acids is 1. The third-order valence-electron chi connectivity index (χ3n) is 4.37. The molecule has 0 unspecified atom stereocenters. The molecule has 0 saturated carbocycles. The van der Waals surface area contributed by atoms with Gasteiger partial charge in [-0.15, -0.1) is 0 Å². The van der Waals surface area contributed by atoms with Crippen molar-refractivity contribution in [2.24, 2.45) is 0 Å². The molecule has 0 aliphatic carbocycles. The summed E-state index contributed by atoms with van der Waals surface area (Å²) in [5.41, 5.74) is -0.533. The van der Waals surface area contributed by atoms with Crippen molar-refractivity contribution in [2.45, 2.75) is 58.3 Å². The van der Waals surface area contributed by atoms with Gasteiger partial charge in [0.25, 0.3) is 5.75 Å². The molecule has 1 aromatic carbocycles. The molecule has 0 amide bonds. The van der Waals surface area contributed by atoms with Crippen molar-refractivity contribution in [1.82, 2.24) is 0 Å². The Labute approximate surface area is 169 Å². The van der Waals surface area contributed by atoms with Crippen LogP contribution in [-0.4, -0.2) is 22.8 Å².